The molecular weight excluding hydrogens is 305 g/mol. The number of alkyl halides is 3. The Balaban J connectivity index is 1.99. The van der Waals surface area contributed by atoms with Crippen molar-refractivity contribution in [3.05, 3.63) is 22.8 Å². The van der Waals surface area contributed by atoms with Crippen LogP contribution < -0.4 is 0 Å². The Hall–Kier alpha value is -0.970. The Bertz CT molecular complexity index is 506. The first-order chi connectivity index (χ1) is 9.53. The van der Waals surface area contributed by atoms with Crippen LogP contribution in [0.4, 0.5) is 13.2 Å². The molecule has 0 amide bonds. The molecule has 0 saturated heterocycles. The van der Waals surface area contributed by atoms with Crippen LogP contribution in [0.15, 0.2) is 22.8 Å². The SMILES string of the molecule is CC1=CCC(OC(=O)[C@H]2[C@@H](C=C(Cl)C(F)(F)F)C2(C)C)C1. The van der Waals surface area contributed by atoms with E-state index in [1.165, 1.54) is 5.57 Å². The number of rotatable bonds is 3. The molecule has 0 aromatic rings. The fraction of sp³-hybridized carbons (Fsp3) is 0.667. The van der Waals surface area contributed by atoms with E-state index < -0.39 is 34.4 Å². The van der Waals surface area contributed by atoms with Crippen molar-refractivity contribution < 1.29 is 22.7 Å². The summed E-state index contributed by atoms with van der Waals surface area (Å²) < 4.78 is 42.8. The van der Waals surface area contributed by atoms with Gasteiger partial charge in [-0.15, -0.1) is 0 Å². The fourth-order valence-corrected chi connectivity index (χ4v) is 3.01. The molecule has 0 spiro atoms. The van der Waals surface area contributed by atoms with Gasteiger partial charge >= 0.3 is 12.1 Å². The van der Waals surface area contributed by atoms with Crippen molar-refractivity contribution in [1.29, 1.82) is 0 Å². The number of esters is 1. The minimum absolute atomic E-state index is 0.184. The van der Waals surface area contributed by atoms with E-state index >= 15 is 0 Å². The molecule has 0 bridgehead atoms. The molecule has 0 N–H and O–H groups in total. The molecule has 0 radical (unpaired) electrons. The zero-order valence-electron chi connectivity index (χ0n) is 12.1. The van der Waals surface area contributed by atoms with Gasteiger partial charge in [-0.25, -0.2) is 0 Å². The lowest BCUT2D eigenvalue weighted by atomic mass is 10.1. The van der Waals surface area contributed by atoms with Gasteiger partial charge in [0.2, 0.25) is 0 Å². The summed E-state index contributed by atoms with van der Waals surface area (Å²) in [5.74, 6) is -1.52. The Morgan fingerprint density at radius 3 is 2.57 bits per heavy atom. The quantitative estimate of drug-likeness (QED) is 0.561. The lowest BCUT2D eigenvalue weighted by Gasteiger charge is -2.12. The summed E-state index contributed by atoms with van der Waals surface area (Å²) in [7, 11) is 0. The topological polar surface area (TPSA) is 26.3 Å². The van der Waals surface area contributed by atoms with E-state index in [1.807, 2.05) is 13.0 Å². The van der Waals surface area contributed by atoms with Crippen LogP contribution in [0.1, 0.15) is 33.6 Å². The maximum atomic E-state index is 12.5. The highest BCUT2D eigenvalue weighted by atomic mass is 35.5. The number of carbonyl (C=O) groups is 1. The molecule has 21 heavy (non-hydrogen) atoms. The van der Waals surface area contributed by atoms with E-state index in [1.54, 1.807) is 13.8 Å². The molecule has 1 fully saturated rings. The van der Waals surface area contributed by atoms with Gasteiger partial charge in [0.1, 0.15) is 11.1 Å². The van der Waals surface area contributed by atoms with Crippen molar-refractivity contribution in [3.8, 4) is 0 Å². The molecule has 2 aliphatic carbocycles. The van der Waals surface area contributed by atoms with E-state index in [0.717, 1.165) is 6.08 Å². The predicted molar refractivity (Wildman–Crippen MR) is 73.6 cm³/mol. The first-order valence-corrected chi connectivity index (χ1v) is 7.22. The summed E-state index contributed by atoms with van der Waals surface area (Å²) in [4.78, 5) is 12.1. The van der Waals surface area contributed by atoms with Crippen LogP contribution in [0.25, 0.3) is 0 Å². The summed E-state index contributed by atoms with van der Waals surface area (Å²) >= 11 is 5.25. The number of hydrogen-bond donors (Lipinski definition) is 0. The minimum atomic E-state index is -4.57. The van der Waals surface area contributed by atoms with Gasteiger partial charge in [-0.05, 0) is 18.3 Å². The number of hydrogen-bond acceptors (Lipinski definition) is 2. The number of halogens is 4. The highest BCUT2D eigenvalue weighted by Gasteiger charge is 2.62. The molecule has 1 unspecified atom stereocenters. The molecular formula is C15H18ClF3O2. The lowest BCUT2D eigenvalue weighted by molar-refractivity contribution is -0.151. The molecule has 2 rings (SSSR count). The van der Waals surface area contributed by atoms with Crippen molar-refractivity contribution in [2.45, 2.75) is 45.9 Å². The number of ether oxygens (including phenoxy) is 1. The normalized spacial score (nSPS) is 31.9. The number of carbonyl (C=O) groups excluding carboxylic acids is 1. The summed E-state index contributed by atoms with van der Waals surface area (Å²) in [5.41, 5.74) is 0.614. The lowest BCUT2D eigenvalue weighted by Crippen LogP contribution is -2.18. The van der Waals surface area contributed by atoms with Crippen molar-refractivity contribution in [1.82, 2.24) is 0 Å². The van der Waals surface area contributed by atoms with Gasteiger partial charge in [0.25, 0.3) is 0 Å². The van der Waals surface area contributed by atoms with Crippen molar-refractivity contribution in [2.75, 3.05) is 0 Å². The Morgan fingerprint density at radius 2 is 2.10 bits per heavy atom. The molecule has 2 aliphatic rings. The van der Waals surface area contributed by atoms with Gasteiger partial charge < -0.3 is 4.74 Å². The Kier molecular flexibility index (Phi) is 4.17. The van der Waals surface area contributed by atoms with Crippen LogP contribution in [0.3, 0.4) is 0 Å². The standard InChI is InChI=1S/C15H18ClF3O2/c1-8-4-5-9(6-8)21-13(20)12-10(14(12,2)3)7-11(16)15(17,18)19/h4,7,9-10,12H,5-6H2,1-3H3/t9?,10-,12-/m1/s1. The van der Waals surface area contributed by atoms with Gasteiger partial charge in [0.05, 0.1) is 5.92 Å². The Labute approximate surface area is 127 Å². The maximum Gasteiger partial charge on any atom is 0.426 e. The van der Waals surface area contributed by atoms with Gasteiger partial charge in [0.15, 0.2) is 0 Å². The summed E-state index contributed by atoms with van der Waals surface area (Å²) in [6, 6.07) is 0. The van der Waals surface area contributed by atoms with Crippen LogP contribution in [0.2, 0.25) is 0 Å². The van der Waals surface area contributed by atoms with Crippen LogP contribution in [-0.4, -0.2) is 18.2 Å². The monoisotopic (exact) mass is 322 g/mol. The van der Waals surface area contributed by atoms with Crippen molar-refractivity contribution in [2.24, 2.45) is 17.3 Å². The predicted octanol–water partition coefficient (Wildman–Crippen LogP) is 4.60. The second-order valence-electron chi connectivity index (χ2n) is 6.39. The van der Waals surface area contributed by atoms with Gasteiger partial charge in [0, 0.05) is 12.8 Å². The fourth-order valence-electron chi connectivity index (χ4n) is 2.88. The molecule has 1 saturated carbocycles. The van der Waals surface area contributed by atoms with Gasteiger partial charge in [-0.2, -0.15) is 13.2 Å². The molecule has 0 aromatic heterocycles. The molecule has 0 aliphatic heterocycles. The molecule has 2 nitrogen and oxygen atoms in total. The zero-order chi connectivity index (χ0) is 16.0. The minimum Gasteiger partial charge on any atom is -0.461 e. The van der Waals surface area contributed by atoms with Gasteiger partial charge in [-0.1, -0.05) is 43.2 Å². The van der Waals surface area contributed by atoms with E-state index in [4.69, 9.17) is 16.3 Å². The van der Waals surface area contributed by atoms with E-state index in [0.29, 0.717) is 12.8 Å². The molecule has 3 atom stereocenters. The molecule has 118 valence electrons. The van der Waals surface area contributed by atoms with Crippen LogP contribution in [-0.2, 0) is 9.53 Å². The number of allylic oxidation sites excluding steroid dienone is 2. The van der Waals surface area contributed by atoms with E-state index in [-0.39, 0.29) is 6.10 Å². The van der Waals surface area contributed by atoms with E-state index in [9.17, 15) is 18.0 Å². The van der Waals surface area contributed by atoms with Crippen molar-refractivity contribution >= 4 is 17.6 Å². The summed E-state index contributed by atoms with van der Waals surface area (Å²) in [6.45, 7) is 5.46. The average molecular weight is 323 g/mol. The van der Waals surface area contributed by atoms with Crippen LogP contribution in [0, 0.1) is 17.3 Å². The molecule has 6 heteroatoms. The average Bonchev–Trinajstić information content (AvgIpc) is 2.65. The third kappa shape index (κ3) is 3.44. The molecule has 0 heterocycles. The third-order valence-corrected chi connectivity index (χ3v) is 4.66. The highest BCUT2D eigenvalue weighted by Crippen LogP contribution is 2.60. The second-order valence-corrected chi connectivity index (χ2v) is 6.79. The molecule has 0 aromatic carbocycles. The first kappa shape index (κ1) is 16.4. The summed E-state index contributed by atoms with van der Waals surface area (Å²) in [6.07, 6.45) is -0.436. The van der Waals surface area contributed by atoms with Gasteiger partial charge in [-0.3, -0.25) is 4.79 Å². The summed E-state index contributed by atoms with van der Waals surface area (Å²) in [5, 5.41) is -1.17. The largest absolute Gasteiger partial charge is 0.461 e. The first-order valence-electron chi connectivity index (χ1n) is 6.84. The maximum absolute atomic E-state index is 12.5. The smallest absolute Gasteiger partial charge is 0.426 e. The third-order valence-electron chi connectivity index (χ3n) is 4.32. The van der Waals surface area contributed by atoms with Crippen molar-refractivity contribution in [3.63, 3.8) is 0 Å². The van der Waals surface area contributed by atoms with Crippen LogP contribution >= 0.6 is 11.6 Å². The van der Waals surface area contributed by atoms with Crippen LogP contribution in [0.5, 0.6) is 0 Å². The highest BCUT2D eigenvalue weighted by molar-refractivity contribution is 6.30. The Morgan fingerprint density at radius 1 is 1.48 bits per heavy atom. The second kappa shape index (κ2) is 5.34. The van der Waals surface area contributed by atoms with E-state index in [2.05, 4.69) is 0 Å². The zero-order valence-corrected chi connectivity index (χ0v) is 12.9.